The Kier molecular flexibility index (Phi) is 6.27. The first-order valence-electron chi connectivity index (χ1n) is 13.7. The van der Waals surface area contributed by atoms with Crippen LogP contribution in [0.1, 0.15) is 77.1 Å². The SMILES string of the molecule is COc1ccc2c3c4n(c2c1)C(C=C(C)C)OOC(C)(C)C[C@@H]4N1C(=O)C2CC(OC(C)=O)CN2C(=O)[C@]1(O)[C@H]3O. The molecule has 3 unspecified atom stereocenters. The van der Waals surface area contributed by atoms with Crippen molar-refractivity contribution in [1.29, 1.82) is 0 Å². The van der Waals surface area contributed by atoms with E-state index in [1.165, 1.54) is 11.8 Å². The second kappa shape index (κ2) is 9.28. The van der Waals surface area contributed by atoms with Gasteiger partial charge in [0, 0.05) is 36.8 Å². The van der Waals surface area contributed by atoms with E-state index >= 15 is 0 Å². The van der Waals surface area contributed by atoms with Gasteiger partial charge in [-0.25, -0.2) is 9.78 Å². The van der Waals surface area contributed by atoms with Crippen LogP contribution >= 0.6 is 0 Å². The first-order chi connectivity index (χ1) is 19.3. The smallest absolute Gasteiger partial charge is 0.302 e. The summed E-state index contributed by atoms with van der Waals surface area (Å²) in [4.78, 5) is 54.3. The second-order valence-electron chi connectivity index (χ2n) is 12.1. The fourth-order valence-corrected chi connectivity index (χ4v) is 6.84. The summed E-state index contributed by atoms with van der Waals surface area (Å²) in [6.07, 6.45) is -1.20. The zero-order valence-corrected chi connectivity index (χ0v) is 23.9. The quantitative estimate of drug-likeness (QED) is 0.324. The third kappa shape index (κ3) is 3.99. The van der Waals surface area contributed by atoms with Gasteiger partial charge in [0.05, 0.1) is 30.9 Å². The molecule has 6 rings (SSSR count). The molecule has 0 aliphatic carbocycles. The van der Waals surface area contributed by atoms with Crippen molar-refractivity contribution < 1.29 is 43.8 Å². The number of allylic oxidation sites excluding steroid dienone is 1. The van der Waals surface area contributed by atoms with Crippen molar-refractivity contribution in [2.75, 3.05) is 13.7 Å². The van der Waals surface area contributed by atoms with Crippen LogP contribution in [0.4, 0.5) is 0 Å². The first kappa shape index (κ1) is 27.7. The normalized spacial score (nSPS) is 32.0. The summed E-state index contributed by atoms with van der Waals surface area (Å²) in [6.45, 7) is 8.63. The van der Waals surface area contributed by atoms with E-state index in [1.54, 1.807) is 39.2 Å². The Morgan fingerprint density at radius 2 is 1.90 bits per heavy atom. The van der Waals surface area contributed by atoms with Crippen LogP contribution in [0, 0.1) is 0 Å². The summed E-state index contributed by atoms with van der Waals surface area (Å²) in [7, 11) is 1.54. The van der Waals surface area contributed by atoms with Gasteiger partial charge < -0.3 is 29.2 Å². The molecule has 0 radical (unpaired) electrons. The highest BCUT2D eigenvalue weighted by Gasteiger charge is 2.67. The van der Waals surface area contributed by atoms with E-state index in [-0.39, 0.29) is 19.4 Å². The van der Waals surface area contributed by atoms with Gasteiger partial charge in [0.1, 0.15) is 29.6 Å². The van der Waals surface area contributed by atoms with Crippen LogP contribution in [0.25, 0.3) is 10.9 Å². The van der Waals surface area contributed by atoms with Gasteiger partial charge in [-0.05, 0) is 45.9 Å². The van der Waals surface area contributed by atoms with Gasteiger partial charge in [-0.1, -0.05) is 5.57 Å². The van der Waals surface area contributed by atoms with Crippen LogP contribution in [-0.2, 0) is 28.9 Å². The molecule has 2 saturated heterocycles. The summed E-state index contributed by atoms with van der Waals surface area (Å²) < 4.78 is 12.7. The number of hydrogen-bond donors (Lipinski definition) is 2. The molecular formula is C29H35N3O9. The topological polar surface area (TPSA) is 140 Å². The molecule has 2 fully saturated rings. The number of piperazine rings is 1. The zero-order valence-electron chi connectivity index (χ0n) is 23.9. The Hall–Kier alpha value is -3.45. The monoisotopic (exact) mass is 569 g/mol. The minimum absolute atomic E-state index is 0.0563. The number of methoxy groups -OCH3 is 1. The molecular weight excluding hydrogens is 534 g/mol. The summed E-state index contributed by atoms with van der Waals surface area (Å²) in [5, 5.41) is 24.8. The minimum Gasteiger partial charge on any atom is -0.497 e. The van der Waals surface area contributed by atoms with E-state index in [4.69, 9.17) is 19.2 Å². The lowest BCUT2D eigenvalue weighted by Crippen LogP contribution is -2.74. The number of amides is 2. The van der Waals surface area contributed by atoms with Crippen LogP contribution in [0.3, 0.4) is 0 Å². The number of benzene rings is 1. The van der Waals surface area contributed by atoms with E-state index in [9.17, 15) is 24.6 Å². The van der Waals surface area contributed by atoms with Crippen molar-refractivity contribution in [2.45, 2.75) is 89.3 Å². The molecule has 4 aliphatic heterocycles. The molecule has 220 valence electrons. The van der Waals surface area contributed by atoms with E-state index in [0.717, 1.165) is 10.5 Å². The Bertz CT molecular complexity index is 1490. The number of ether oxygens (including phenoxy) is 2. The van der Waals surface area contributed by atoms with Crippen LogP contribution in [0.5, 0.6) is 5.75 Å². The Balaban J connectivity index is 1.63. The Morgan fingerprint density at radius 1 is 1.17 bits per heavy atom. The molecule has 41 heavy (non-hydrogen) atoms. The lowest BCUT2D eigenvalue weighted by atomic mass is 9.79. The van der Waals surface area contributed by atoms with Gasteiger partial charge in [0.25, 0.3) is 11.6 Å². The predicted molar refractivity (Wildman–Crippen MR) is 143 cm³/mol. The molecule has 0 spiro atoms. The van der Waals surface area contributed by atoms with Crippen molar-refractivity contribution in [3.63, 3.8) is 0 Å². The van der Waals surface area contributed by atoms with Gasteiger partial charge in [0.2, 0.25) is 5.91 Å². The minimum atomic E-state index is -2.60. The number of carbonyl (C=O) groups excluding carboxylic acids is 3. The molecule has 2 aromatic rings. The second-order valence-corrected chi connectivity index (χ2v) is 12.1. The van der Waals surface area contributed by atoms with Crippen LogP contribution < -0.4 is 4.74 Å². The highest BCUT2D eigenvalue weighted by atomic mass is 17.2. The van der Waals surface area contributed by atoms with Crippen molar-refractivity contribution >= 4 is 28.7 Å². The standard InChI is InChI=1S/C29H35N3O9/c1-14(2)9-22-31-19-10-16(38-6)7-8-18(19)23-24(31)21(12-28(4,5)41-40-22)32-26(35)20-11-17(39-15(3)33)13-30(20)27(36)29(32,37)25(23)34/h7-10,17,20-22,25,34,37H,11-13H2,1-6H3/t17?,20?,21-,22?,25-,29+/m0/s1. The maximum atomic E-state index is 14.3. The number of aliphatic hydroxyl groups is 2. The molecule has 12 nitrogen and oxygen atoms in total. The van der Waals surface area contributed by atoms with Gasteiger partial charge >= 0.3 is 5.97 Å². The molecule has 5 heterocycles. The Morgan fingerprint density at radius 3 is 2.56 bits per heavy atom. The predicted octanol–water partition coefficient (Wildman–Crippen LogP) is 2.40. The molecule has 2 amide bonds. The number of hydrogen-bond acceptors (Lipinski definition) is 9. The molecule has 12 heteroatoms. The lowest BCUT2D eigenvalue weighted by Gasteiger charge is -2.56. The van der Waals surface area contributed by atoms with Gasteiger partial charge in [-0.2, -0.15) is 0 Å². The molecule has 1 aromatic carbocycles. The highest BCUT2D eigenvalue weighted by molar-refractivity contribution is 6.02. The van der Waals surface area contributed by atoms with Crippen LogP contribution in [0.2, 0.25) is 0 Å². The number of aromatic nitrogens is 1. The van der Waals surface area contributed by atoms with E-state index < -0.39 is 59.6 Å². The maximum Gasteiger partial charge on any atom is 0.302 e. The van der Waals surface area contributed by atoms with Crippen molar-refractivity contribution in [3.05, 3.63) is 41.1 Å². The fraction of sp³-hybridized carbons (Fsp3) is 0.552. The number of rotatable bonds is 3. The van der Waals surface area contributed by atoms with Crippen LogP contribution in [0.15, 0.2) is 29.8 Å². The number of carbonyl (C=O) groups is 3. The van der Waals surface area contributed by atoms with E-state index in [0.29, 0.717) is 27.9 Å². The third-order valence-corrected chi connectivity index (χ3v) is 8.42. The van der Waals surface area contributed by atoms with Gasteiger partial charge in [-0.3, -0.25) is 19.3 Å². The number of aliphatic hydroxyl groups excluding tert-OH is 1. The summed E-state index contributed by atoms with van der Waals surface area (Å²) in [6, 6.07) is 3.44. The van der Waals surface area contributed by atoms with Crippen molar-refractivity contribution in [3.8, 4) is 5.75 Å². The van der Waals surface area contributed by atoms with Gasteiger partial charge in [0.15, 0.2) is 6.23 Å². The highest BCUT2D eigenvalue weighted by Crippen LogP contribution is 2.55. The summed E-state index contributed by atoms with van der Waals surface area (Å²) in [5.41, 5.74) is -1.15. The van der Waals surface area contributed by atoms with E-state index in [2.05, 4.69) is 0 Å². The van der Waals surface area contributed by atoms with Crippen molar-refractivity contribution in [1.82, 2.24) is 14.4 Å². The molecule has 4 aliphatic rings. The van der Waals surface area contributed by atoms with Crippen molar-refractivity contribution in [2.24, 2.45) is 0 Å². The molecule has 0 saturated carbocycles. The average molecular weight is 570 g/mol. The third-order valence-electron chi connectivity index (χ3n) is 8.42. The fourth-order valence-electron chi connectivity index (χ4n) is 6.84. The molecule has 2 N–H and O–H groups in total. The van der Waals surface area contributed by atoms with Crippen LogP contribution in [-0.4, -0.2) is 79.5 Å². The number of nitrogens with zero attached hydrogens (tertiary/aromatic N) is 3. The number of fused-ring (bicyclic) bond motifs is 6. The van der Waals surface area contributed by atoms with E-state index in [1.807, 2.05) is 24.5 Å². The summed E-state index contributed by atoms with van der Waals surface area (Å²) in [5.74, 6) is -1.34. The average Bonchev–Trinajstić information content (AvgIpc) is 3.46. The largest absolute Gasteiger partial charge is 0.497 e. The lowest BCUT2D eigenvalue weighted by molar-refractivity contribution is -0.390. The molecule has 0 bridgehead atoms. The molecule has 1 aromatic heterocycles. The first-order valence-corrected chi connectivity index (χ1v) is 13.7. The maximum absolute atomic E-state index is 14.3. The summed E-state index contributed by atoms with van der Waals surface area (Å²) >= 11 is 0. The zero-order chi connectivity index (χ0) is 29.6. The van der Waals surface area contributed by atoms with Gasteiger partial charge in [-0.15, -0.1) is 0 Å². The molecule has 6 atom stereocenters. The Labute approximate surface area is 236 Å². The number of esters is 1.